The van der Waals surface area contributed by atoms with Gasteiger partial charge in [-0.25, -0.2) is 9.97 Å². The molecule has 5 heteroatoms. The molecule has 2 fully saturated rings. The fourth-order valence-corrected chi connectivity index (χ4v) is 2.96. The number of rotatable bonds is 3. The first kappa shape index (κ1) is 13.8. The summed E-state index contributed by atoms with van der Waals surface area (Å²) in [4.78, 5) is 11.3. The highest BCUT2D eigenvalue weighted by Gasteiger charge is 2.31. The molecular weight excluding hydrogens is 254 g/mol. The fraction of sp³-hybridized carbons (Fsp3) is 0.733. The Hall–Kier alpha value is -1.20. The maximum atomic E-state index is 5.89. The minimum Gasteiger partial charge on any atom is -0.375 e. The lowest BCUT2D eigenvalue weighted by Gasteiger charge is -2.36. The van der Waals surface area contributed by atoms with E-state index in [4.69, 9.17) is 9.47 Å². The average Bonchev–Trinajstić information content (AvgIpc) is 3.01. The van der Waals surface area contributed by atoms with Gasteiger partial charge in [0.1, 0.15) is 17.7 Å². The van der Waals surface area contributed by atoms with Crippen molar-refractivity contribution in [1.29, 1.82) is 0 Å². The van der Waals surface area contributed by atoms with E-state index in [1.165, 1.54) is 0 Å². The molecule has 2 unspecified atom stereocenters. The molecule has 2 aliphatic heterocycles. The topological polar surface area (TPSA) is 47.5 Å². The molecule has 2 aliphatic rings. The summed E-state index contributed by atoms with van der Waals surface area (Å²) < 4.78 is 11.7. The van der Waals surface area contributed by atoms with Crippen LogP contribution in [0.5, 0.6) is 0 Å². The molecule has 0 amide bonds. The van der Waals surface area contributed by atoms with Crippen molar-refractivity contribution < 1.29 is 9.47 Å². The molecule has 0 aliphatic carbocycles. The van der Waals surface area contributed by atoms with Crippen LogP contribution in [0.2, 0.25) is 0 Å². The van der Waals surface area contributed by atoms with Crippen LogP contribution in [0.4, 0.5) is 5.82 Å². The van der Waals surface area contributed by atoms with Gasteiger partial charge in [-0.15, -0.1) is 0 Å². The third-order valence-corrected chi connectivity index (χ3v) is 4.04. The number of hydrogen-bond acceptors (Lipinski definition) is 5. The van der Waals surface area contributed by atoms with Gasteiger partial charge in [-0.1, -0.05) is 6.92 Å². The summed E-state index contributed by atoms with van der Waals surface area (Å²) in [6.45, 7) is 7.46. The Bertz CT molecular complexity index is 460. The summed E-state index contributed by atoms with van der Waals surface area (Å²) in [5.74, 6) is 1.88. The van der Waals surface area contributed by atoms with Crippen LogP contribution in [0.3, 0.4) is 0 Å². The van der Waals surface area contributed by atoms with E-state index in [9.17, 15) is 0 Å². The van der Waals surface area contributed by atoms with Crippen molar-refractivity contribution in [3.63, 3.8) is 0 Å². The van der Waals surface area contributed by atoms with Gasteiger partial charge in [0.2, 0.25) is 0 Å². The van der Waals surface area contributed by atoms with Crippen LogP contribution in [-0.4, -0.2) is 48.5 Å². The Labute approximate surface area is 120 Å². The smallest absolute Gasteiger partial charge is 0.132 e. The Kier molecular flexibility index (Phi) is 4.17. The number of morpholine rings is 1. The molecule has 3 rings (SSSR count). The minimum absolute atomic E-state index is 0.173. The normalized spacial score (nSPS) is 27.0. The maximum absolute atomic E-state index is 5.89. The van der Waals surface area contributed by atoms with Gasteiger partial charge >= 0.3 is 0 Å². The molecule has 0 radical (unpaired) electrons. The molecule has 2 saturated heterocycles. The zero-order valence-corrected chi connectivity index (χ0v) is 12.3. The van der Waals surface area contributed by atoms with Crippen LogP contribution in [0.1, 0.15) is 31.3 Å². The first-order valence-electron chi connectivity index (χ1n) is 7.59. The lowest BCUT2D eigenvalue weighted by Crippen LogP contribution is -2.48. The Morgan fingerprint density at radius 1 is 1.25 bits per heavy atom. The van der Waals surface area contributed by atoms with E-state index in [2.05, 4.69) is 27.9 Å². The number of nitrogens with zero attached hydrogens (tertiary/aromatic N) is 3. The van der Waals surface area contributed by atoms with Gasteiger partial charge in [0.15, 0.2) is 0 Å². The second-order valence-corrected chi connectivity index (χ2v) is 5.52. The van der Waals surface area contributed by atoms with Crippen molar-refractivity contribution in [3.8, 4) is 0 Å². The molecule has 2 atom stereocenters. The third-order valence-electron chi connectivity index (χ3n) is 4.04. The third kappa shape index (κ3) is 2.94. The van der Waals surface area contributed by atoms with Gasteiger partial charge in [0.25, 0.3) is 0 Å². The van der Waals surface area contributed by atoms with Crippen LogP contribution in [0.15, 0.2) is 6.07 Å². The van der Waals surface area contributed by atoms with E-state index in [1.54, 1.807) is 0 Å². The molecule has 110 valence electrons. The van der Waals surface area contributed by atoms with Gasteiger partial charge in [0.05, 0.1) is 12.7 Å². The van der Waals surface area contributed by atoms with Crippen LogP contribution in [0, 0.1) is 6.92 Å². The summed E-state index contributed by atoms with van der Waals surface area (Å²) in [5, 5.41) is 0. The van der Waals surface area contributed by atoms with Crippen molar-refractivity contribution in [2.24, 2.45) is 0 Å². The fourth-order valence-electron chi connectivity index (χ4n) is 2.96. The predicted octanol–water partition coefficient (Wildman–Crippen LogP) is 1.73. The first-order valence-corrected chi connectivity index (χ1v) is 7.59. The summed E-state index contributed by atoms with van der Waals surface area (Å²) in [6.07, 6.45) is 3.63. The summed E-state index contributed by atoms with van der Waals surface area (Å²) in [6, 6.07) is 2.10. The van der Waals surface area contributed by atoms with Gasteiger partial charge < -0.3 is 14.4 Å². The standard InChI is InChI=1S/C15H23N3O2/c1-3-12-9-15(17-11(2)16-12)18-6-8-20-14(10-18)13-5-4-7-19-13/h9,13-14H,3-8,10H2,1-2H3. The molecule has 5 nitrogen and oxygen atoms in total. The Morgan fingerprint density at radius 3 is 2.85 bits per heavy atom. The van der Waals surface area contributed by atoms with E-state index >= 15 is 0 Å². The highest BCUT2D eigenvalue weighted by Crippen LogP contribution is 2.23. The summed E-state index contributed by atoms with van der Waals surface area (Å²) in [7, 11) is 0. The van der Waals surface area contributed by atoms with E-state index < -0.39 is 0 Å². The van der Waals surface area contributed by atoms with Crippen molar-refractivity contribution in [2.45, 2.75) is 45.3 Å². The number of aryl methyl sites for hydroxylation is 2. The number of ether oxygens (including phenoxy) is 2. The molecule has 1 aromatic rings. The van der Waals surface area contributed by atoms with E-state index in [0.29, 0.717) is 0 Å². The highest BCUT2D eigenvalue weighted by molar-refractivity contribution is 5.40. The number of hydrogen-bond donors (Lipinski definition) is 0. The van der Waals surface area contributed by atoms with Crippen LogP contribution < -0.4 is 4.90 Å². The predicted molar refractivity (Wildman–Crippen MR) is 77.1 cm³/mol. The average molecular weight is 277 g/mol. The zero-order valence-electron chi connectivity index (χ0n) is 12.3. The van der Waals surface area contributed by atoms with Crippen molar-refractivity contribution >= 4 is 5.82 Å². The van der Waals surface area contributed by atoms with E-state index in [-0.39, 0.29) is 12.2 Å². The Morgan fingerprint density at radius 2 is 2.10 bits per heavy atom. The van der Waals surface area contributed by atoms with Crippen LogP contribution in [-0.2, 0) is 15.9 Å². The second-order valence-electron chi connectivity index (χ2n) is 5.52. The highest BCUT2D eigenvalue weighted by atomic mass is 16.5. The molecule has 0 aromatic carbocycles. The molecule has 0 N–H and O–H groups in total. The lowest BCUT2D eigenvalue weighted by molar-refractivity contribution is -0.0544. The van der Waals surface area contributed by atoms with Crippen LogP contribution in [0.25, 0.3) is 0 Å². The second kappa shape index (κ2) is 6.06. The maximum Gasteiger partial charge on any atom is 0.132 e. The molecular formula is C15H23N3O2. The van der Waals surface area contributed by atoms with E-state index in [1.807, 2.05) is 6.92 Å². The molecule has 20 heavy (non-hydrogen) atoms. The molecule has 0 saturated carbocycles. The first-order chi connectivity index (χ1) is 9.76. The largest absolute Gasteiger partial charge is 0.375 e. The Balaban J connectivity index is 1.74. The van der Waals surface area contributed by atoms with Crippen LogP contribution >= 0.6 is 0 Å². The van der Waals surface area contributed by atoms with Gasteiger partial charge in [0, 0.05) is 31.5 Å². The minimum atomic E-state index is 0.173. The summed E-state index contributed by atoms with van der Waals surface area (Å²) in [5.41, 5.74) is 1.10. The summed E-state index contributed by atoms with van der Waals surface area (Å²) >= 11 is 0. The van der Waals surface area contributed by atoms with E-state index in [0.717, 1.165) is 62.9 Å². The van der Waals surface area contributed by atoms with Crippen molar-refractivity contribution in [1.82, 2.24) is 9.97 Å². The van der Waals surface area contributed by atoms with Gasteiger partial charge in [-0.05, 0) is 26.2 Å². The van der Waals surface area contributed by atoms with Crippen molar-refractivity contribution in [3.05, 3.63) is 17.6 Å². The van der Waals surface area contributed by atoms with Crippen molar-refractivity contribution in [2.75, 3.05) is 31.2 Å². The van der Waals surface area contributed by atoms with Gasteiger partial charge in [-0.2, -0.15) is 0 Å². The number of anilines is 1. The molecule has 1 aromatic heterocycles. The number of aromatic nitrogens is 2. The molecule has 3 heterocycles. The monoisotopic (exact) mass is 277 g/mol. The molecule has 0 spiro atoms. The lowest BCUT2D eigenvalue weighted by atomic mass is 10.1. The molecule has 0 bridgehead atoms. The zero-order chi connectivity index (χ0) is 13.9. The quantitative estimate of drug-likeness (QED) is 0.842. The van der Waals surface area contributed by atoms with Gasteiger partial charge in [-0.3, -0.25) is 0 Å². The SMILES string of the molecule is CCc1cc(N2CCOC(C3CCCO3)C2)nc(C)n1.